The summed E-state index contributed by atoms with van der Waals surface area (Å²) >= 11 is 1.98. The van der Waals surface area contributed by atoms with Crippen LogP contribution in [0.15, 0.2) is 130 Å². The van der Waals surface area contributed by atoms with Gasteiger partial charge in [-0.05, 0) is 157 Å². The van der Waals surface area contributed by atoms with Crippen molar-refractivity contribution in [2.75, 3.05) is 24.5 Å². The molecule has 6 atom stereocenters. The number of benzene rings is 4. The van der Waals surface area contributed by atoms with Gasteiger partial charge in [0.1, 0.15) is 35.9 Å². The number of halogens is 5. The molecular formula is C72H86BF4IN12O7. The SMILES string of the molecule is CC1=C(I)C(C)=[N+]2C1=Cc1c(C)cc(/C=C/c3ccc4c(c3)CCCN4CCn3cc(CCC(=O)N[C@H](CCCCN)C(=O)N[C@H](CC(C)C)C(=O)N[C@@H](C(=O)N[C@H](Cc4ccc(-c5ccccc5)cc4)C(=O)N[C@H](Cc4ccccc4)C(=O)O)C(C)C)nn3)n1[B-]2(F)C(F)(F)F. The van der Waals surface area contributed by atoms with Crippen molar-refractivity contribution in [3.8, 4) is 11.1 Å². The van der Waals surface area contributed by atoms with Crippen LogP contribution in [0.3, 0.4) is 0 Å². The van der Waals surface area contributed by atoms with Crippen LogP contribution in [-0.4, -0.2) is 133 Å². The Kier molecular flexibility index (Phi) is 24.0. The van der Waals surface area contributed by atoms with Gasteiger partial charge in [0.15, 0.2) is 5.70 Å². The molecule has 2 aromatic heterocycles. The maximum absolute atomic E-state index is 17.2. The summed E-state index contributed by atoms with van der Waals surface area (Å²) in [6, 6.07) is 27.5. The van der Waals surface area contributed by atoms with E-state index in [-0.39, 0.29) is 67.2 Å². The lowest BCUT2D eigenvalue weighted by Crippen LogP contribution is -2.64. The first kappa shape index (κ1) is 72.6. The first-order valence-corrected chi connectivity index (χ1v) is 34.2. The van der Waals surface area contributed by atoms with Crippen molar-refractivity contribution in [2.45, 2.75) is 156 Å². The Labute approximate surface area is 577 Å². The Morgan fingerprint density at radius 2 is 1.39 bits per heavy atom. The first-order chi connectivity index (χ1) is 46.2. The van der Waals surface area contributed by atoms with Gasteiger partial charge in [-0.3, -0.25) is 28.7 Å². The van der Waals surface area contributed by atoms with Gasteiger partial charge in [-0.2, -0.15) is 13.2 Å². The lowest BCUT2D eigenvalue weighted by molar-refractivity contribution is -0.374. The van der Waals surface area contributed by atoms with Crippen LogP contribution in [0.1, 0.15) is 125 Å². The van der Waals surface area contributed by atoms with Crippen LogP contribution in [0, 0.1) is 18.8 Å². The molecule has 3 aliphatic heterocycles. The highest BCUT2D eigenvalue weighted by Crippen LogP contribution is 2.46. The molecule has 0 bridgehead atoms. The normalized spacial score (nSPS) is 16.9. The van der Waals surface area contributed by atoms with Crippen molar-refractivity contribution >= 4 is 94.4 Å². The van der Waals surface area contributed by atoms with Crippen LogP contribution < -0.4 is 37.2 Å². The number of hydrogen-bond donors (Lipinski definition) is 7. The molecule has 0 fully saturated rings. The number of hydrogen-bond acceptors (Lipinski definition) is 10. The van der Waals surface area contributed by atoms with Gasteiger partial charge in [-0.25, -0.2) is 4.79 Å². The number of aliphatic carboxylic acids is 1. The van der Waals surface area contributed by atoms with Crippen molar-refractivity contribution in [3.63, 3.8) is 0 Å². The van der Waals surface area contributed by atoms with Gasteiger partial charge in [0.25, 0.3) is 0 Å². The number of nitrogens with zero attached hydrogens (tertiary/aromatic N) is 6. The molecule has 97 heavy (non-hydrogen) atoms. The third-order valence-corrected chi connectivity index (χ3v) is 19.7. The summed E-state index contributed by atoms with van der Waals surface area (Å²) in [6.45, 7) is 9.54. The minimum absolute atomic E-state index is 0.0129. The van der Waals surface area contributed by atoms with E-state index in [0.29, 0.717) is 64.0 Å². The summed E-state index contributed by atoms with van der Waals surface area (Å²) in [5, 5.41) is 32.9. The molecule has 5 amide bonds. The molecule has 6 aromatic rings. The molecule has 19 nitrogen and oxygen atoms in total. The number of carbonyl (C=O) groups excluding carboxylic acids is 5. The lowest BCUT2D eigenvalue weighted by Gasteiger charge is -2.38. The lowest BCUT2D eigenvalue weighted by atomic mass is 9.64. The summed E-state index contributed by atoms with van der Waals surface area (Å²) in [7, 11) is 0. The van der Waals surface area contributed by atoms with Crippen molar-refractivity contribution in [3.05, 3.63) is 175 Å². The van der Waals surface area contributed by atoms with E-state index < -0.39 is 84.4 Å². The van der Waals surface area contributed by atoms with E-state index in [2.05, 4.69) is 41.8 Å². The molecule has 514 valence electrons. The van der Waals surface area contributed by atoms with E-state index in [1.165, 1.54) is 6.92 Å². The second-order valence-corrected chi connectivity index (χ2v) is 27.3. The summed E-state index contributed by atoms with van der Waals surface area (Å²) in [5.74, 6) is -5.03. The monoisotopic (exact) mass is 1440 g/mol. The molecule has 0 aliphatic carbocycles. The molecule has 9 rings (SSSR count). The number of allylic oxidation sites excluding steroid dienone is 2. The van der Waals surface area contributed by atoms with E-state index in [9.17, 15) is 33.9 Å². The number of alkyl halides is 3. The van der Waals surface area contributed by atoms with Gasteiger partial charge in [-0.1, -0.05) is 130 Å². The fraction of sp³-hybridized carbons (Fsp3) is 0.403. The van der Waals surface area contributed by atoms with Crippen LogP contribution in [0.2, 0.25) is 0 Å². The molecule has 4 aromatic carbocycles. The average Bonchev–Trinajstić information content (AvgIpc) is 1.56. The van der Waals surface area contributed by atoms with Crippen molar-refractivity contribution in [2.24, 2.45) is 17.6 Å². The fourth-order valence-corrected chi connectivity index (χ4v) is 13.5. The minimum Gasteiger partial charge on any atom is -0.480 e. The third kappa shape index (κ3) is 17.5. The molecule has 1 unspecified atom stereocenters. The Morgan fingerprint density at radius 3 is 2.06 bits per heavy atom. The zero-order valence-corrected chi connectivity index (χ0v) is 57.9. The van der Waals surface area contributed by atoms with Crippen LogP contribution >= 0.6 is 22.6 Å². The highest BCUT2D eigenvalue weighted by molar-refractivity contribution is 14.1. The Balaban J connectivity index is 0.807. The van der Waals surface area contributed by atoms with Crippen LogP contribution in [0.25, 0.3) is 29.4 Å². The number of aryl methyl sites for hydroxylation is 3. The molecule has 5 heterocycles. The molecule has 0 saturated carbocycles. The summed E-state index contributed by atoms with van der Waals surface area (Å²) < 4.78 is 66.3. The van der Waals surface area contributed by atoms with Gasteiger partial charge in [-0.15, -0.1) is 5.10 Å². The van der Waals surface area contributed by atoms with Gasteiger partial charge < -0.3 is 55.6 Å². The minimum atomic E-state index is -5.21. The van der Waals surface area contributed by atoms with E-state index in [1.807, 2.05) is 109 Å². The second-order valence-electron chi connectivity index (χ2n) is 26.2. The van der Waals surface area contributed by atoms with Crippen LogP contribution in [0.4, 0.5) is 23.2 Å². The molecular weight excluding hydrogens is 1360 g/mol. The molecule has 0 radical (unpaired) electrons. The quantitative estimate of drug-likeness (QED) is 0.00967. The van der Waals surface area contributed by atoms with Gasteiger partial charge >= 0.3 is 18.7 Å². The Hall–Kier alpha value is -8.72. The molecule has 25 heteroatoms. The van der Waals surface area contributed by atoms with Gasteiger partial charge in [0, 0.05) is 80.6 Å². The van der Waals surface area contributed by atoms with Crippen molar-refractivity contribution in [1.29, 1.82) is 0 Å². The Morgan fingerprint density at radius 1 is 0.753 bits per heavy atom. The number of nitrogens with one attached hydrogen (secondary N) is 5. The van der Waals surface area contributed by atoms with E-state index >= 15 is 17.5 Å². The van der Waals surface area contributed by atoms with Gasteiger partial charge in [0.2, 0.25) is 29.5 Å². The summed E-state index contributed by atoms with van der Waals surface area (Å²) in [6.07, 6.45) is 4.72. The summed E-state index contributed by atoms with van der Waals surface area (Å²) in [5.41, 5.74) is 14.4. The number of carboxylic acid groups (broad SMARTS) is 1. The summed E-state index contributed by atoms with van der Waals surface area (Å²) in [4.78, 5) is 85.9. The highest BCUT2D eigenvalue weighted by atomic mass is 127. The number of unbranched alkanes of at least 4 members (excludes halogenated alkanes) is 1. The maximum Gasteiger partial charge on any atom is 0.649 e. The molecule has 0 spiro atoms. The number of amides is 5. The van der Waals surface area contributed by atoms with E-state index in [1.54, 1.807) is 93.2 Å². The number of nitrogens with two attached hydrogens (primary N) is 1. The van der Waals surface area contributed by atoms with Crippen molar-refractivity contribution < 1.29 is 55.8 Å². The smallest absolute Gasteiger partial charge is 0.480 e. The number of fused-ring (bicyclic) bond motifs is 3. The predicted molar refractivity (Wildman–Crippen MR) is 378 cm³/mol. The molecule has 3 aliphatic rings. The second kappa shape index (κ2) is 32.1. The zero-order valence-electron chi connectivity index (χ0n) is 55.8. The molecule has 0 saturated heterocycles. The van der Waals surface area contributed by atoms with E-state index in [0.717, 1.165) is 56.3 Å². The predicted octanol–water partition coefficient (Wildman–Crippen LogP) is 9.84. The van der Waals surface area contributed by atoms with Crippen LogP contribution in [0.5, 0.6) is 0 Å². The van der Waals surface area contributed by atoms with Crippen molar-refractivity contribution in [1.82, 2.24) is 46.1 Å². The van der Waals surface area contributed by atoms with E-state index in [4.69, 9.17) is 5.73 Å². The van der Waals surface area contributed by atoms with Crippen LogP contribution in [-0.2, 0) is 61.0 Å². The zero-order chi connectivity index (χ0) is 69.9. The largest absolute Gasteiger partial charge is 0.649 e. The highest BCUT2D eigenvalue weighted by Gasteiger charge is 2.70. The number of carbonyl (C=O) groups is 6. The number of carboxylic acids is 1. The Bertz CT molecular complexity index is 3980. The first-order valence-electron chi connectivity index (χ1n) is 33.2. The number of rotatable bonds is 30. The maximum atomic E-state index is 17.2. The topological polar surface area (TPSA) is 251 Å². The average molecular weight is 1450 g/mol. The standard InChI is InChI=1S/C72H86BF4IN12O7/c1-44(2)37-58(69(94)84-66(45(3)4)70(95)82-59(40-51-23-27-53(28-24-51)52-19-12-9-13-20-52)68(93)83-60(71(96)97)41-49-17-10-8-11-18-49)81-67(92)57(22-14-15-33-79)80-64(91)32-29-55-43-88(86-85-55)36-35-87-34-16-21-54-39-50(26-31-61(54)87)25-30-56-38-46(5)62-42-63-47(6)65(78)48(7)89(63)73(77,90(56)62)72(74,75)76/h8-13,17-20,23-28,30-31,38-39,42-45,57-60,66H,14-16,21-22,29,32-37,40-41,79H2,1-7H3,(H,80,91)(H,81,92)(H,82,95)(H,83,93)(H,84,94)(H,96,97)/b30-25+/t57-,58-,59-,60-,66-,73?/m1/s1. The third-order valence-electron chi connectivity index (χ3n) is 18.1. The van der Waals surface area contributed by atoms with Gasteiger partial charge in [0.05, 0.1) is 15.8 Å². The fourth-order valence-electron chi connectivity index (χ4n) is 12.9. The number of aromatic nitrogens is 4. The number of anilines is 1. The molecule has 8 N–H and O–H groups in total.